The molecule has 0 aliphatic rings. The Morgan fingerprint density at radius 3 is 2.85 bits per heavy atom. The van der Waals surface area contributed by atoms with E-state index in [9.17, 15) is 5.11 Å². The van der Waals surface area contributed by atoms with Crippen LogP contribution in [0.1, 0.15) is 0 Å². The summed E-state index contributed by atoms with van der Waals surface area (Å²) in [6.45, 7) is 0. The Hall–Kier alpha value is -1.97. The van der Waals surface area contributed by atoms with Gasteiger partial charge >= 0.3 is 0 Å². The third-order valence-corrected chi connectivity index (χ3v) is 1.81. The molecule has 4 nitrogen and oxygen atoms in total. The normalized spacial score (nSPS) is 10.2. The lowest BCUT2D eigenvalue weighted by atomic mass is 10.2. The summed E-state index contributed by atoms with van der Waals surface area (Å²) in [5.74, 6) is 0.0769. The summed E-state index contributed by atoms with van der Waals surface area (Å²) in [5.41, 5.74) is 6.69. The maximum atomic E-state index is 9.33. The number of anilines is 1. The number of aromatic hydroxyl groups is 1. The fraction of sp³-hybridized carbons (Fsp3) is 0. The van der Waals surface area contributed by atoms with Crippen LogP contribution in [0.4, 0.5) is 5.69 Å². The minimum absolute atomic E-state index is 0.0769. The van der Waals surface area contributed by atoms with Crippen LogP contribution in [0.15, 0.2) is 36.7 Å². The fourth-order valence-corrected chi connectivity index (χ4v) is 1.15. The molecule has 0 saturated carbocycles. The fourth-order valence-electron chi connectivity index (χ4n) is 1.15. The molecule has 0 aliphatic carbocycles. The molecule has 1 heterocycles. The number of rotatable bonds is 1. The monoisotopic (exact) mass is 175 g/mol. The third-order valence-electron chi connectivity index (χ3n) is 1.81. The first kappa shape index (κ1) is 7.67. The molecule has 4 heteroatoms. The molecule has 0 atom stereocenters. The molecule has 0 bridgehead atoms. The van der Waals surface area contributed by atoms with Gasteiger partial charge in [0, 0.05) is 12.4 Å². The van der Waals surface area contributed by atoms with Crippen molar-refractivity contribution in [1.29, 1.82) is 0 Å². The van der Waals surface area contributed by atoms with Gasteiger partial charge in [-0.1, -0.05) is 6.07 Å². The van der Waals surface area contributed by atoms with E-state index in [-0.39, 0.29) is 5.75 Å². The first-order valence-corrected chi connectivity index (χ1v) is 3.86. The summed E-state index contributed by atoms with van der Waals surface area (Å²) in [7, 11) is 0. The number of hydrogen-bond acceptors (Lipinski definition) is 3. The number of hydrogen-bond donors (Lipinski definition) is 2. The second-order valence-electron chi connectivity index (χ2n) is 2.66. The van der Waals surface area contributed by atoms with E-state index in [0.717, 1.165) is 0 Å². The van der Waals surface area contributed by atoms with Gasteiger partial charge in [0.05, 0.1) is 5.69 Å². The molecule has 0 fully saturated rings. The Morgan fingerprint density at radius 1 is 1.31 bits per heavy atom. The highest BCUT2D eigenvalue weighted by atomic mass is 16.3. The second kappa shape index (κ2) is 2.82. The van der Waals surface area contributed by atoms with Crippen molar-refractivity contribution in [1.82, 2.24) is 9.78 Å². The molecule has 0 amide bonds. The Morgan fingerprint density at radius 2 is 2.15 bits per heavy atom. The Labute approximate surface area is 75.2 Å². The summed E-state index contributed by atoms with van der Waals surface area (Å²) in [6.07, 6.45) is 3.43. The van der Waals surface area contributed by atoms with E-state index in [2.05, 4.69) is 5.10 Å². The Balaban J connectivity index is 2.59. The third kappa shape index (κ3) is 1.22. The van der Waals surface area contributed by atoms with Crippen LogP contribution >= 0.6 is 0 Å². The summed E-state index contributed by atoms with van der Waals surface area (Å²) in [4.78, 5) is 0. The largest absolute Gasteiger partial charge is 0.506 e. The molecule has 13 heavy (non-hydrogen) atoms. The van der Waals surface area contributed by atoms with Gasteiger partial charge in [-0.05, 0) is 18.2 Å². The van der Waals surface area contributed by atoms with Crippen LogP contribution in [0.3, 0.4) is 0 Å². The molecule has 66 valence electrons. The number of aromatic nitrogens is 2. The molecule has 0 spiro atoms. The average Bonchev–Trinajstić information content (AvgIpc) is 2.62. The number of phenols is 1. The van der Waals surface area contributed by atoms with E-state index in [1.807, 2.05) is 0 Å². The first-order chi connectivity index (χ1) is 6.29. The molecule has 1 aromatic heterocycles. The van der Waals surface area contributed by atoms with E-state index < -0.39 is 0 Å². The van der Waals surface area contributed by atoms with Gasteiger partial charge in [-0.25, -0.2) is 4.68 Å². The minimum Gasteiger partial charge on any atom is -0.506 e. The number of para-hydroxylation sites is 1. The molecule has 1 aromatic carbocycles. The topological polar surface area (TPSA) is 64.1 Å². The van der Waals surface area contributed by atoms with E-state index in [4.69, 9.17) is 5.73 Å². The highest BCUT2D eigenvalue weighted by molar-refractivity contribution is 5.65. The van der Waals surface area contributed by atoms with E-state index in [1.165, 1.54) is 0 Å². The minimum atomic E-state index is 0.0769. The highest BCUT2D eigenvalue weighted by Crippen LogP contribution is 2.25. The van der Waals surface area contributed by atoms with Crippen LogP contribution in [0.5, 0.6) is 5.75 Å². The second-order valence-corrected chi connectivity index (χ2v) is 2.66. The van der Waals surface area contributed by atoms with E-state index in [0.29, 0.717) is 11.4 Å². The van der Waals surface area contributed by atoms with Gasteiger partial charge in [0.2, 0.25) is 0 Å². The lowest BCUT2D eigenvalue weighted by molar-refractivity contribution is 0.477. The zero-order chi connectivity index (χ0) is 9.26. The zero-order valence-electron chi connectivity index (χ0n) is 6.88. The van der Waals surface area contributed by atoms with Crippen molar-refractivity contribution in [3.8, 4) is 11.4 Å². The molecule has 0 unspecified atom stereocenters. The van der Waals surface area contributed by atoms with Crippen LogP contribution in [-0.4, -0.2) is 14.9 Å². The van der Waals surface area contributed by atoms with Crippen molar-refractivity contribution in [2.75, 3.05) is 5.73 Å². The van der Waals surface area contributed by atoms with Gasteiger partial charge in [0.1, 0.15) is 11.4 Å². The molecule has 0 aliphatic heterocycles. The maximum absolute atomic E-state index is 9.33. The average molecular weight is 175 g/mol. The number of benzene rings is 1. The molecule has 2 rings (SSSR count). The molecular formula is C9H9N3O. The maximum Gasteiger partial charge on any atom is 0.140 e. The number of nitrogen functional groups attached to an aromatic ring is 1. The molecule has 3 N–H and O–H groups in total. The van der Waals surface area contributed by atoms with Gasteiger partial charge in [-0.2, -0.15) is 5.10 Å². The predicted molar refractivity (Wildman–Crippen MR) is 49.6 cm³/mol. The van der Waals surface area contributed by atoms with Gasteiger partial charge in [-0.3, -0.25) is 0 Å². The van der Waals surface area contributed by atoms with Crippen molar-refractivity contribution in [3.05, 3.63) is 36.7 Å². The molecule has 0 radical (unpaired) electrons. The van der Waals surface area contributed by atoms with Crippen LogP contribution in [-0.2, 0) is 0 Å². The Kier molecular flexibility index (Phi) is 1.66. The SMILES string of the molecule is Nc1c(O)cccc1-n1cccn1. The van der Waals surface area contributed by atoms with E-state index in [1.54, 1.807) is 41.3 Å². The van der Waals surface area contributed by atoms with Crippen molar-refractivity contribution in [2.24, 2.45) is 0 Å². The lowest BCUT2D eigenvalue weighted by Crippen LogP contribution is -1.99. The van der Waals surface area contributed by atoms with Crippen molar-refractivity contribution >= 4 is 5.69 Å². The summed E-state index contributed by atoms with van der Waals surface area (Å²) >= 11 is 0. The standard InChI is InChI=1S/C9H9N3O/c10-9-7(3-1-4-8(9)13)12-6-2-5-11-12/h1-6,13H,10H2. The Bertz CT molecular complexity index is 409. The van der Waals surface area contributed by atoms with Gasteiger partial charge in [-0.15, -0.1) is 0 Å². The zero-order valence-corrected chi connectivity index (χ0v) is 6.88. The molecular weight excluding hydrogens is 166 g/mol. The summed E-state index contributed by atoms with van der Waals surface area (Å²) in [6, 6.07) is 6.86. The number of phenolic OH excluding ortho intramolecular Hbond substituents is 1. The smallest absolute Gasteiger partial charge is 0.140 e. The quantitative estimate of drug-likeness (QED) is 0.505. The predicted octanol–water partition coefficient (Wildman–Crippen LogP) is 1.16. The van der Waals surface area contributed by atoms with Gasteiger partial charge in [0.15, 0.2) is 0 Å². The molecule has 2 aromatic rings. The van der Waals surface area contributed by atoms with Crippen molar-refractivity contribution < 1.29 is 5.11 Å². The van der Waals surface area contributed by atoms with Crippen LogP contribution in [0, 0.1) is 0 Å². The highest BCUT2D eigenvalue weighted by Gasteiger charge is 2.04. The van der Waals surface area contributed by atoms with Crippen molar-refractivity contribution in [3.63, 3.8) is 0 Å². The first-order valence-electron chi connectivity index (χ1n) is 3.86. The number of nitrogens with two attached hydrogens (primary N) is 1. The lowest BCUT2D eigenvalue weighted by Gasteiger charge is -2.06. The number of nitrogens with zero attached hydrogens (tertiary/aromatic N) is 2. The summed E-state index contributed by atoms with van der Waals surface area (Å²) < 4.78 is 1.61. The van der Waals surface area contributed by atoms with Gasteiger partial charge in [0.25, 0.3) is 0 Å². The van der Waals surface area contributed by atoms with E-state index >= 15 is 0 Å². The van der Waals surface area contributed by atoms with Crippen LogP contribution < -0.4 is 5.73 Å². The van der Waals surface area contributed by atoms with Crippen LogP contribution in [0.2, 0.25) is 0 Å². The molecule has 0 saturated heterocycles. The van der Waals surface area contributed by atoms with Crippen LogP contribution in [0.25, 0.3) is 5.69 Å². The summed E-state index contributed by atoms with van der Waals surface area (Å²) in [5, 5.41) is 13.3. The van der Waals surface area contributed by atoms with Gasteiger partial charge < -0.3 is 10.8 Å². The van der Waals surface area contributed by atoms with Crippen molar-refractivity contribution in [2.45, 2.75) is 0 Å².